The van der Waals surface area contributed by atoms with Crippen molar-refractivity contribution in [1.29, 1.82) is 0 Å². The first kappa shape index (κ1) is 17.3. The number of aliphatic hydroxyl groups is 1. The average molecular weight is 364 g/mol. The number of benzene rings is 1. The van der Waals surface area contributed by atoms with E-state index in [-0.39, 0.29) is 17.2 Å². The largest absolute Gasteiger partial charge is 0.498 e. The molecule has 1 aromatic rings. The second-order valence-electron chi connectivity index (χ2n) is 5.49. The second kappa shape index (κ2) is 6.77. The van der Waals surface area contributed by atoms with Gasteiger partial charge in [0.2, 0.25) is 0 Å². The molecule has 1 saturated heterocycles. The molecule has 2 heterocycles. The Morgan fingerprint density at radius 2 is 2.04 bits per heavy atom. The fourth-order valence-corrected chi connectivity index (χ4v) is 4.08. The van der Waals surface area contributed by atoms with Crippen LogP contribution in [-0.4, -0.2) is 57.2 Å². The molecule has 2 amide bonds. The summed E-state index contributed by atoms with van der Waals surface area (Å²) in [7, 11) is 1.35. The molecule has 0 bridgehead atoms. The number of carbonyl (C=O) groups excluding carboxylic acids is 2. The lowest BCUT2D eigenvalue weighted by molar-refractivity contribution is -0.152. The Hall–Kier alpha value is -2.52. The zero-order chi connectivity index (χ0) is 18.1. The number of rotatable bonds is 5. The minimum Gasteiger partial charge on any atom is -0.498 e. The van der Waals surface area contributed by atoms with Gasteiger partial charge in [-0.05, 0) is 5.56 Å². The van der Waals surface area contributed by atoms with Crippen LogP contribution >= 0.6 is 11.8 Å². The third kappa shape index (κ3) is 2.96. The highest BCUT2D eigenvalue weighted by Crippen LogP contribution is 2.40. The zero-order valence-corrected chi connectivity index (χ0v) is 14.0. The maximum atomic E-state index is 12.3. The van der Waals surface area contributed by atoms with Crippen molar-refractivity contribution >= 4 is 29.5 Å². The Bertz CT molecular complexity index is 750. The van der Waals surface area contributed by atoms with Crippen LogP contribution in [0, 0.1) is 0 Å². The monoisotopic (exact) mass is 364 g/mol. The third-order valence-electron chi connectivity index (χ3n) is 4.04. The molecular weight excluding hydrogens is 348 g/mol. The predicted octanol–water partition coefficient (Wildman–Crippen LogP) is 0.0625. The summed E-state index contributed by atoms with van der Waals surface area (Å²) in [5.41, 5.74) is 0.207. The number of hydrogen-bond donors (Lipinski definition) is 3. The summed E-state index contributed by atoms with van der Waals surface area (Å²) in [5.74, 6) is -2.03. The maximum Gasteiger partial charge on any atom is 0.356 e. The van der Waals surface area contributed by atoms with E-state index in [1.54, 1.807) is 30.3 Å². The number of thioether (sulfide) groups is 1. The van der Waals surface area contributed by atoms with Crippen LogP contribution in [0.2, 0.25) is 0 Å². The van der Waals surface area contributed by atoms with Crippen LogP contribution in [0.4, 0.5) is 0 Å². The smallest absolute Gasteiger partial charge is 0.356 e. The topological polar surface area (TPSA) is 116 Å². The highest BCUT2D eigenvalue weighted by Gasteiger charge is 2.55. The molecule has 3 N–H and O–H groups in total. The number of aliphatic hydroxyl groups excluding tert-OH is 1. The Labute approximate surface area is 147 Å². The molecule has 1 unspecified atom stereocenters. The van der Waals surface area contributed by atoms with Crippen molar-refractivity contribution in [2.24, 2.45) is 0 Å². The maximum absolute atomic E-state index is 12.3. The van der Waals surface area contributed by atoms with E-state index >= 15 is 0 Å². The van der Waals surface area contributed by atoms with Gasteiger partial charge in [-0.25, -0.2) is 4.79 Å². The number of carboxylic acid groups (broad SMARTS) is 1. The van der Waals surface area contributed by atoms with Crippen molar-refractivity contribution in [2.75, 3.05) is 12.9 Å². The number of nitrogens with zero attached hydrogens (tertiary/aromatic N) is 1. The number of ether oxygens (including phenoxy) is 1. The highest BCUT2D eigenvalue weighted by molar-refractivity contribution is 8.00. The third-order valence-corrected chi connectivity index (χ3v) is 5.30. The molecule has 8 nitrogen and oxygen atoms in total. The lowest BCUT2D eigenvalue weighted by Gasteiger charge is -2.49. The number of aliphatic carboxylic acids is 1. The number of fused-ring (bicyclic) bond motifs is 1. The van der Waals surface area contributed by atoms with E-state index in [9.17, 15) is 24.6 Å². The van der Waals surface area contributed by atoms with E-state index in [2.05, 4.69) is 5.32 Å². The van der Waals surface area contributed by atoms with Gasteiger partial charge >= 0.3 is 5.97 Å². The fraction of sp³-hybridized carbons (Fsp3) is 0.312. The van der Waals surface area contributed by atoms with Crippen molar-refractivity contribution in [3.63, 3.8) is 0 Å². The minimum atomic E-state index is -1.40. The standard InChI is InChI=1S/C16H16N2O6S/c1-24-9-7-25-15-10(14(21)18(15)11(9)16(22)23)17-13(20)12(19)8-5-3-2-4-6-8/h2-6,10,12,15,19H,7H2,1H3,(H,17,20)(H,22,23)/t10?,12-,15-/m1/s1. The van der Waals surface area contributed by atoms with Crippen LogP contribution in [0.3, 0.4) is 0 Å². The van der Waals surface area contributed by atoms with Gasteiger partial charge in [0.25, 0.3) is 11.8 Å². The molecule has 2 aliphatic heterocycles. The van der Waals surface area contributed by atoms with Gasteiger partial charge < -0.3 is 20.3 Å². The number of amides is 2. The molecule has 9 heteroatoms. The quantitative estimate of drug-likeness (QED) is 0.633. The van der Waals surface area contributed by atoms with Crippen LogP contribution in [0.1, 0.15) is 11.7 Å². The number of carboxylic acids is 1. The van der Waals surface area contributed by atoms with E-state index < -0.39 is 35.3 Å². The minimum absolute atomic E-state index is 0.203. The molecule has 25 heavy (non-hydrogen) atoms. The molecule has 0 aliphatic carbocycles. The number of methoxy groups -OCH3 is 1. The fourth-order valence-electron chi connectivity index (χ4n) is 2.77. The molecule has 132 valence electrons. The van der Waals surface area contributed by atoms with Gasteiger partial charge in [-0.15, -0.1) is 11.8 Å². The van der Waals surface area contributed by atoms with Gasteiger partial charge in [0.1, 0.15) is 17.2 Å². The van der Waals surface area contributed by atoms with E-state index in [4.69, 9.17) is 4.74 Å². The van der Waals surface area contributed by atoms with Crippen molar-refractivity contribution in [3.05, 3.63) is 47.4 Å². The van der Waals surface area contributed by atoms with Crippen LogP contribution in [-0.2, 0) is 19.1 Å². The van der Waals surface area contributed by atoms with Crippen molar-refractivity contribution in [1.82, 2.24) is 10.2 Å². The summed E-state index contributed by atoms with van der Waals surface area (Å²) >= 11 is 1.29. The molecule has 0 spiro atoms. The first-order chi connectivity index (χ1) is 12.0. The van der Waals surface area contributed by atoms with Crippen molar-refractivity contribution < 1.29 is 29.3 Å². The van der Waals surface area contributed by atoms with Gasteiger partial charge in [0.05, 0.1) is 12.9 Å². The summed E-state index contributed by atoms with van der Waals surface area (Å²) in [4.78, 5) is 37.1. The number of nitrogens with one attached hydrogen (secondary N) is 1. The van der Waals surface area contributed by atoms with Crippen LogP contribution < -0.4 is 5.32 Å². The van der Waals surface area contributed by atoms with Gasteiger partial charge in [-0.3, -0.25) is 14.5 Å². The molecule has 2 aliphatic rings. The van der Waals surface area contributed by atoms with Gasteiger partial charge in [0.15, 0.2) is 11.8 Å². The molecule has 0 radical (unpaired) electrons. The molecule has 3 atom stereocenters. The lowest BCUT2D eigenvalue weighted by Crippen LogP contribution is -2.70. The van der Waals surface area contributed by atoms with Crippen LogP contribution in [0.25, 0.3) is 0 Å². The van der Waals surface area contributed by atoms with Gasteiger partial charge in [-0.2, -0.15) is 0 Å². The Morgan fingerprint density at radius 3 is 2.64 bits per heavy atom. The van der Waals surface area contributed by atoms with Crippen molar-refractivity contribution in [2.45, 2.75) is 17.5 Å². The lowest BCUT2D eigenvalue weighted by atomic mass is 10.0. The summed E-state index contributed by atoms with van der Waals surface area (Å²) in [6, 6.07) is 7.45. The first-order valence-corrected chi connectivity index (χ1v) is 8.49. The normalized spacial score (nSPS) is 23.4. The van der Waals surface area contributed by atoms with E-state index in [1.165, 1.54) is 18.9 Å². The molecular formula is C16H16N2O6S. The Balaban J connectivity index is 1.73. The SMILES string of the molecule is COC1=C(C(=O)O)N2C(=O)C(NC(=O)[C@H](O)c3ccccc3)[C@H]2SC1. The number of β-lactam (4-membered cyclic amide) rings is 1. The summed E-state index contributed by atoms with van der Waals surface area (Å²) in [5, 5.41) is 21.4. The van der Waals surface area contributed by atoms with Crippen LogP contribution in [0.5, 0.6) is 0 Å². The number of carbonyl (C=O) groups is 3. The van der Waals surface area contributed by atoms with Gasteiger partial charge in [-0.1, -0.05) is 30.3 Å². The predicted molar refractivity (Wildman–Crippen MR) is 88.1 cm³/mol. The first-order valence-electron chi connectivity index (χ1n) is 7.44. The Morgan fingerprint density at radius 1 is 1.36 bits per heavy atom. The second-order valence-corrected chi connectivity index (χ2v) is 6.60. The Kier molecular flexibility index (Phi) is 4.69. The highest BCUT2D eigenvalue weighted by atomic mass is 32.2. The molecule has 3 rings (SSSR count). The summed E-state index contributed by atoms with van der Waals surface area (Å²) in [6.07, 6.45) is -1.40. The number of hydrogen-bond acceptors (Lipinski definition) is 6. The molecule has 0 saturated carbocycles. The van der Waals surface area contributed by atoms with Crippen molar-refractivity contribution in [3.8, 4) is 0 Å². The average Bonchev–Trinajstić information content (AvgIpc) is 2.64. The summed E-state index contributed by atoms with van der Waals surface area (Å²) in [6.45, 7) is 0. The van der Waals surface area contributed by atoms with Gasteiger partial charge in [0, 0.05) is 0 Å². The molecule has 1 fully saturated rings. The van der Waals surface area contributed by atoms with E-state index in [0.29, 0.717) is 5.56 Å². The van der Waals surface area contributed by atoms with E-state index in [0.717, 1.165) is 4.90 Å². The molecule has 1 aromatic carbocycles. The molecule has 0 aromatic heterocycles. The van der Waals surface area contributed by atoms with E-state index in [1.807, 2.05) is 0 Å². The zero-order valence-electron chi connectivity index (χ0n) is 13.2. The van der Waals surface area contributed by atoms with Crippen LogP contribution in [0.15, 0.2) is 41.8 Å². The summed E-state index contributed by atoms with van der Waals surface area (Å²) < 4.78 is 5.04.